The van der Waals surface area contributed by atoms with Crippen LogP contribution in [0, 0.1) is 6.92 Å². The van der Waals surface area contributed by atoms with E-state index in [1.54, 1.807) is 18.8 Å². The van der Waals surface area contributed by atoms with Crippen molar-refractivity contribution in [2.75, 3.05) is 40.0 Å². The topological polar surface area (TPSA) is 39.7 Å². The van der Waals surface area contributed by atoms with Crippen molar-refractivity contribution >= 4 is 41.7 Å². The van der Waals surface area contributed by atoms with Gasteiger partial charge in [0.25, 0.3) is 0 Å². The van der Waals surface area contributed by atoms with Crippen LogP contribution in [0.15, 0.2) is 28.1 Å². The quantitative estimate of drug-likeness (QED) is 0.185. The lowest BCUT2D eigenvalue weighted by Gasteiger charge is -2.19. The predicted octanol–water partition coefficient (Wildman–Crippen LogP) is 3.88. The Kier molecular flexibility index (Phi) is 12.3. The summed E-state index contributed by atoms with van der Waals surface area (Å²) in [5, 5.41) is 6.37. The lowest BCUT2D eigenvalue weighted by Crippen LogP contribution is -2.39. The summed E-state index contributed by atoms with van der Waals surface area (Å²) in [4.78, 5) is 6.64. The standard InChI is InChI=1S/C17H27F3N4S.HI/c1-13-6-7-14(15(10-13)25-4)11-23-16(21-2)22-8-5-9-24(3)12-17(18,19)20;/h6-7,10H,5,8-9,11-12H2,1-4H3,(H2,21,22,23);1H. The molecule has 0 bridgehead atoms. The molecule has 150 valence electrons. The summed E-state index contributed by atoms with van der Waals surface area (Å²) in [6.07, 6.45) is -1.50. The van der Waals surface area contributed by atoms with Crippen molar-refractivity contribution in [3.63, 3.8) is 0 Å². The number of alkyl halides is 3. The highest BCUT2D eigenvalue weighted by molar-refractivity contribution is 14.0. The molecule has 0 amide bonds. The summed E-state index contributed by atoms with van der Waals surface area (Å²) in [6, 6.07) is 6.31. The van der Waals surface area contributed by atoms with E-state index in [-0.39, 0.29) is 24.0 Å². The molecule has 0 aliphatic carbocycles. The lowest BCUT2D eigenvalue weighted by molar-refractivity contribution is -0.143. The molecular weight excluding hydrogens is 476 g/mol. The zero-order chi connectivity index (χ0) is 18.9. The molecule has 0 heterocycles. The average molecular weight is 504 g/mol. The van der Waals surface area contributed by atoms with Gasteiger partial charge in [0.1, 0.15) is 0 Å². The second kappa shape index (κ2) is 12.7. The fourth-order valence-electron chi connectivity index (χ4n) is 2.34. The van der Waals surface area contributed by atoms with Crippen LogP contribution in [0.4, 0.5) is 13.2 Å². The molecular formula is C17H28F3IN4S. The van der Waals surface area contributed by atoms with Gasteiger partial charge in [0.05, 0.1) is 6.54 Å². The van der Waals surface area contributed by atoms with Crippen LogP contribution in [0.2, 0.25) is 0 Å². The molecule has 0 saturated heterocycles. The van der Waals surface area contributed by atoms with Gasteiger partial charge in [0.15, 0.2) is 5.96 Å². The smallest absolute Gasteiger partial charge is 0.356 e. The zero-order valence-electron chi connectivity index (χ0n) is 15.6. The number of hydrogen-bond donors (Lipinski definition) is 2. The molecule has 26 heavy (non-hydrogen) atoms. The molecule has 0 aromatic heterocycles. The van der Waals surface area contributed by atoms with Crippen LogP contribution >= 0.6 is 35.7 Å². The molecule has 0 atom stereocenters. The first-order valence-corrected chi connectivity index (χ1v) is 9.31. The fourth-order valence-corrected chi connectivity index (χ4v) is 3.04. The fraction of sp³-hybridized carbons (Fsp3) is 0.588. The van der Waals surface area contributed by atoms with Gasteiger partial charge in [-0.15, -0.1) is 35.7 Å². The summed E-state index contributed by atoms with van der Waals surface area (Å²) >= 11 is 1.70. The number of thioether (sulfide) groups is 1. The molecule has 4 nitrogen and oxygen atoms in total. The third-order valence-electron chi connectivity index (χ3n) is 3.57. The van der Waals surface area contributed by atoms with Gasteiger partial charge in [-0.3, -0.25) is 9.89 Å². The second-order valence-electron chi connectivity index (χ2n) is 5.87. The van der Waals surface area contributed by atoms with Gasteiger partial charge in [0, 0.05) is 25.0 Å². The van der Waals surface area contributed by atoms with E-state index in [9.17, 15) is 13.2 Å². The Morgan fingerprint density at radius 1 is 1.27 bits per heavy atom. The molecule has 1 rings (SSSR count). The molecule has 0 aliphatic rings. The van der Waals surface area contributed by atoms with Crippen LogP contribution in [0.25, 0.3) is 0 Å². The maximum Gasteiger partial charge on any atom is 0.401 e. The van der Waals surface area contributed by atoms with Crippen molar-refractivity contribution in [3.8, 4) is 0 Å². The highest BCUT2D eigenvalue weighted by Crippen LogP contribution is 2.21. The average Bonchev–Trinajstić information content (AvgIpc) is 2.53. The highest BCUT2D eigenvalue weighted by atomic mass is 127. The van der Waals surface area contributed by atoms with Crippen LogP contribution in [0.1, 0.15) is 17.5 Å². The predicted molar refractivity (Wildman–Crippen MR) is 115 cm³/mol. The maximum absolute atomic E-state index is 12.3. The molecule has 9 heteroatoms. The summed E-state index contributed by atoms with van der Waals surface area (Å²) in [5.41, 5.74) is 2.41. The summed E-state index contributed by atoms with van der Waals surface area (Å²) in [6.45, 7) is 2.76. The molecule has 0 spiro atoms. The first kappa shape index (κ1) is 25.3. The number of aliphatic imine (C=N–C) groups is 1. The summed E-state index contributed by atoms with van der Waals surface area (Å²) < 4.78 is 36.8. The van der Waals surface area contributed by atoms with Crippen LogP contribution in [-0.4, -0.2) is 57.0 Å². The summed E-state index contributed by atoms with van der Waals surface area (Å²) in [7, 11) is 3.15. The molecule has 0 radical (unpaired) electrons. The van der Waals surface area contributed by atoms with Crippen LogP contribution < -0.4 is 10.6 Å². The van der Waals surface area contributed by atoms with Gasteiger partial charge in [-0.25, -0.2) is 0 Å². The second-order valence-corrected chi connectivity index (χ2v) is 6.72. The zero-order valence-corrected chi connectivity index (χ0v) is 18.8. The Balaban J connectivity index is 0.00000625. The van der Waals surface area contributed by atoms with E-state index in [0.717, 1.165) is 0 Å². The Labute approximate surface area is 175 Å². The van der Waals surface area contributed by atoms with Crippen molar-refractivity contribution in [2.24, 2.45) is 4.99 Å². The molecule has 0 fully saturated rings. The first-order valence-electron chi connectivity index (χ1n) is 8.08. The number of benzene rings is 1. The van der Waals surface area contributed by atoms with E-state index in [4.69, 9.17) is 0 Å². The number of nitrogens with zero attached hydrogens (tertiary/aromatic N) is 2. The van der Waals surface area contributed by atoms with E-state index in [1.807, 2.05) is 6.26 Å². The Morgan fingerprint density at radius 2 is 1.96 bits per heavy atom. The molecule has 1 aromatic carbocycles. The minimum atomic E-state index is -4.15. The lowest BCUT2D eigenvalue weighted by atomic mass is 10.1. The number of nitrogens with one attached hydrogen (secondary N) is 2. The number of guanidine groups is 1. The van der Waals surface area contributed by atoms with Gasteiger partial charge in [-0.05, 0) is 50.4 Å². The Morgan fingerprint density at radius 3 is 2.54 bits per heavy atom. The van der Waals surface area contributed by atoms with Crippen molar-refractivity contribution in [1.82, 2.24) is 15.5 Å². The van der Waals surface area contributed by atoms with Gasteiger partial charge in [-0.2, -0.15) is 13.2 Å². The third-order valence-corrected chi connectivity index (χ3v) is 4.39. The van der Waals surface area contributed by atoms with Gasteiger partial charge in [-0.1, -0.05) is 12.1 Å². The number of halogens is 4. The van der Waals surface area contributed by atoms with E-state index in [0.29, 0.717) is 32.0 Å². The monoisotopic (exact) mass is 504 g/mol. The van der Waals surface area contributed by atoms with Gasteiger partial charge in [0.2, 0.25) is 0 Å². The van der Waals surface area contributed by atoms with Crippen LogP contribution in [-0.2, 0) is 6.54 Å². The Hall–Kier alpha value is -0.680. The van der Waals surface area contributed by atoms with E-state index >= 15 is 0 Å². The number of hydrogen-bond acceptors (Lipinski definition) is 3. The van der Waals surface area contributed by atoms with Crippen molar-refractivity contribution in [2.45, 2.75) is 31.0 Å². The number of rotatable bonds is 8. The Bertz CT molecular complexity index is 567. The summed E-state index contributed by atoms with van der Waals surface area (Å²) in [5.74, 6) is 0.645. The largest absolute Gasteiger partial charge is 0.401 e. The minimum Gasteiger partial charge on any atom is -0.356 e. The first-order chi connectivity index (χ1) is 11.7. The molecule has 0 aliphatic heterocycles. The van der Waals surface area contributed by atoms with E-state index < -0.39 is 12.7 Å². The molecule has 0 unspecified atom stereocenters. The van der Waals surface area contributed by atoms with Crippen molar-refractivity contribution in [3.05, 3.63) is 29.3 Å². The number of aryl methyl sites for hydroxylation is 1. The van der Waals surface area contributed by atoms with Gasteiger partial charge < -0.3 is 10.6 Å². The normalized spacial score (nSPS) is 12.1. The third kappa shape index (κ3) is 10.5. The molecule has 1 aromatic rings. The van der Waals surface area contributed by atoms with Crippen LogP contribution in [0.5, 0.6) is 0 Å². The maximum atomic E-state index is 12.3. The van der Waals surface area contributed by atoms with Crippen LogP contribution in [0.3, 0.4) is 0 Å². The molecule has 0 saturated carbocycles. The SMILES string of the molecule is CN=C(NCCCN(C)CC(F)(F)F)NCc1ccc(C)cc1SC.I. The van der Waals surface area contributed by atoms with Gasteiger partial charge >= 0.3 is 6.18 Å². The van der Waals surface area contributed by atoms with E-state index in [2.05, 4.69) is 40.7 Å². The minimum absolute atomic E-state index is 0. The highest BCUT2D eigenvalue weighted by Gasteiger charge is 2.28. The van der Waals surface area contributed by atoms with Crippen molar-refractivity contribution < 1.29 is 13.2 Å². The molecule has 2 N–H and O–H groups in total. The van der Waals surface area contributed by atoms with Crippen molar-refractivity contribution in [1.29, 1.82) is 0 Å². The van der Waals surface area contributed by atoms with E-state index in [1.165, 1.54) is 28.0 Å².